The van der Waals surface area contributed by atoms with Crippen molar-refractivity contribution < 1.29 is 14.7 Å². The first-order chi connectivity index (χ1) is 16.3. The van der Waals surface area contributed by atoms with Gasteiger partial charge in [-0.05, 0) is 113 Å². The molecule has 0 aromatic heterocycles. The maximum absolute atomic E-state index is 11.8. The third kappa shape index (κ3) is 3.59. The number of piperidine rings is 2. The van der Waals surface area contributed by atoms with Crippen LogP contribution in [0.15, 0.2) is 0 Å². The number of hydrogen-bond acceptors (Lipinski definition) is 3. The number of nitrogens with zero attached hydrogens (tertiary/aromatic N) is 2. The van der Waals surface area contributed by atoms with E-state index in [1.54, 1.807) is 0 Å². The molecule has 10 atom stereocenters. The minimum atomic E-state index is -0.124. The Morgan fingerprint density at radius 2 is 1.50 bits per heavy atom. The fourth-order valence-electron chi connectivity index (χ4n) is 11.0. The number of likely N-dealkylation sites (N-methyl/N-ethyl adjacent to an activating group) is 1. The van der Waals surface area contributed by atoms with Gasteiger partial charge in [0.1, 0.15) is 12.1 Å². The van der Waals surface area contributed by atoms with Crippen LogP contribution in [0.4, 0.5) is 0 Å². The fourth-order valence-corrected chi connectivity index (χ4v) is 11.0. The summed E-state index contributed by atoms with van der Waals surface area (Å²) < 4.78 is 1.13. The van der Waals surface area contributed by atoms with Crippen LogP contribution in [-0.4, -0.2) is 77.1 Å². The molecule has 2 saturated heterocycles. The monoisotopic (exact) mass is 473 g/mol. The Labute approximate surface area is 209 Å². The highest BCUT2D eigenvalue weighted by atomic mass is 16.3. The molecule has 0 aromatic carbocycles. The van der Waals surface area contributed by atoms with E-state index in [-0.39, 0.29) is 17.6 Å². The van der Waals surface area contributed by atoms with Crippen LogP contribution < -0.4 is 0 Å². The maximum atomic E-state index is 11.8. The van der Waals surface area contributed by atoms with Crippen LogP contribution in [0.5, 0.6) is 0 Å². The van der Waals surface area contributed by atoms with E-state index in [0.717, 1.165) is 22.7 Å². The van der Waals surface area contributed by atoms with Gasteiger partial charge in [0, 0.05) is 17.9 Å². The highest BCUT2D eigenvalue weighted by Gasteiger charge is 2.65. The van der Waals surface area contributed by atoms with Crippen molar-refractivity contribution >= 4 is 0 Å². The topological polar surface area (TPSA) is 43.7 Å². The average molecular weight is 474 g/mol. The number of rotatable bonds is 2. The maximum Gasteiger partial charge on any atom is 0.116 e. The van der Waals surface area contributed by atoms with E-state index in [9.17, 15) is 10.2 Å². The van der Waals surface area contributed by atoms with Crippen LogP contribution >= 0.6 is 0 Å². The van der Waals surface area contributed by atoms with Crippen LogP contribution in [-0.2, 0) is 0 Å². The number of aliphatic hydroxyl groups excluding tert-OH is 2. The largest absolute Gasteiger partial charge is 0.391 e. The molecule has 0 amide bonds. The summed E-state index contributed by atoms with van der Waals surface area (Å²) in [6, 6.07) is 0.835. The van der Waals surface area contributed by atoms with Gasteiger partial charge in [0.05, 0.1) is 26.2 Å². The highest BCUT2D eigenvalue weighted by molar-refractivity contribution is 5.13. The van der Waals surface area contributed by atoms with E-state index in [2.05, 4.69) is 25.8 Å². The Hall–Kier alpha value is -0.160. The van der Waals surface area contributed by atoms with Crippen LogP contribution in [0.3, 0.4) is 0 Å². The average Bonchev–Trinajstić information content (AvgIpc) is 3.12. The zero-order valence-corrected chi connectivity index (χ0v) is 22.4. The molecule has 6 rings (SSSR count). The summed E-state index contributed by atoms with van der Waals surface area (Å²) in [5.41, 5.74) is 0.492. The lowest BCUT2D eigenvalue weighted by molar-refractivity contribution is -0.940. The third-order valence-electron chi connectivity index (χ3n) is 13.2. The second kappa shape index (κ2) is 8.71. The summed E-state index contributed by atoms with van der Waals surface area (Å²) >= 11 is 0. The smallest absolute Gasteiger partial charge is 0.116 e. The van der Waals surface area contributed by atoms with E-state index in [0.29, 0.717) is 29.3 Å². The first-order valence-corrected chi connectivity index (χ1v) is 15.2. The molecule has 34 heavy (non-hydrogen) atoms. The third-order valence-corrected chi connectivity index (χ3v) is 13.2. The predicted molar refractivity (Wildman–Crippen MR) is 137 cm³/mol. The normalized spacial score (nSPS) is 53.6. The number of aliphatic hydroxyl groups is 2. The predicted octanol–water partition coefficient (Wildman–Crippen LogP) is 4.82. The molecular formula is C30H53N2O2+. The minimum Gasteiger partial charge on any atom is -0.391 e. The van der Waals surface area contributed by atoms with E-state index >= 15 is 0 Å². The number of fused-ring (bicyclic) bond motifs is 5. The molecule has 0 spiro atoms. The second-order valence-electron chi connectivity index (χ2n) is 14.6. The molecule has 2 heterocycles. The quantitative estimate of drug-likeness (QED) is 0.565. The Morgan fingerprint density at radius 1 is 0.794 bits per heavy atom. The van der Waals surface area contributed by atoms with Gasteiger partial charge in [0.25, 0.3) is 0 Å². The number of quaternary nitrogens is 1. The summed E-state index contributed by atoms with van der Waals surface area (Å²) in [5, 5.41) is 23.1. The fraction of sp³-hybridized carbons (Fsp3) is 1.00. The summed E-state index contributed by atoms with van der Waals surface area (Å²) in [5.74, 6) is 2.97. The molecule has 4 aliphatic carbocycles. The lowest BCUT2D eigenvalue weighted by Crippen LogP contribution is -2.60. The summed E-state index contributed by atoms with van der Waals surface area (Å²) in [7, 11) is 2.47. The van der Waals surface area contributed by atoms with Gasteiger partial charge in [-0.25, -0.2) is 0 Å². The van der Waals surface area contributed by atoms with Crippen LogP contribution in [0.1, 0.15) is 97.3 Å². The zero-order valence-electron chi connectivity index (χ0n) is 22.4. The van der Waals surface area contributed by atoms with Gasteiger partial charge in [-0.1, -0.05) is 20.3 Å². The van der Waals surface area contributed by atoms with Gasteiger partial charge in [-0.15, -0.1) is 0 Å². The van der Waals surface area contributed by atoms with Crippen molar-refractivity contribution in [3.05, 3.63) is 0 Å². The molecule has 4 nitrogen and oxygen atoms in total. The summed E-state index contributed by atoms with van der Waals surface area (Å²) in [6.45, 7) is 10.1. The van der Waals surface area contributed by atoms with Crippen molar-refractivity contribution in [2.24, 2.45) is 34.5 Å². The molecule has 6 fully saturated rings. The summed E-state index contributed by atoms with van der Waals surface area (Å²) in [4.78, 5) is 2.67. The van der Waals surface area contributed by atoms with E-state index < -0.39 is 0 Å². The van der Waals surface area contributed by atoms with Crippen molar-refractivity contribution in [1.82, 2.24) is 4.90 Å². The molecule has 2 aliphatic heterocycles. The number of likely N-dealkylation sites (tertiary alicyclic amines) is 2. The molecule has 6 aliphatic rings. The molecule has 0 bridgehead atoms. The van der Waals surface area contributed by atoms with E-state index in [1.165, 1.54) is 103 Å². The first kappa shape index (κ1) is 24.2. The SMILES string of the molecule is CC12CC(N3CCCCC3)C(O)CC1CCC1C2CCC2(C)C(O)C([N+]3(C)CCCCC3)CC12. The zero-order chi connectivity index (χ0) is 23.7. The summed E-state index contributed by atoms with van der Waals surface area (Å²) in [6.07, 6.45) is 16.5. The highest BCUT2D eigenvalue weighted by Crippen LogP contribution is 2.67. The van der Waals surface area contributed by atoms with Gasteiger partial charge in [-0.3, -0.25) is 4.90 Å². The van der Waals surface area contributed by atoms with Crippen LogP contribution in [0, 0.1) is 34.5 Å². The molecule has 4 heteroatoms. The van der Waals surface area contributed by atoms with Crippen molar-refractivity contribution in [2.75, 3.05) is 33.2 Å². The van der Waals surface area contributed by atoms with Gasteiger partial charge >= 0.3 is 0 Å². The van der Waals surface area contributed by atoms with Crippen molar-refractivity contribution in [3.63, 3.8) is 0 Å². The number of hydrogen-bond donors (Lipinski definition) is 2. The van der Waals surface area contributed by atoms with Gasteiger partial charge in [0.15, 0.2) is 0 Å². The standard InChI is InChI=1S/C30H53N2O2/c1-29-13-12-23-22(24(29)19-26(28(29)34)32(3)16-8-5-9-17-32)11-10-21-18-27(33)25(20-30(21,23)2)31-14-6-4-7-15-31/h21-28,33-34H,4-20H2,1-3H3/q+1. The Morgan fingerprint density at radius 3 is 2.24 bits per heavy atom. The van der Waals surface area contributed by atoms with E-state index in [1.807, 2.05) is 0 Å². The minimum absolute atomic E-state index is 0.119. The Balaban J connectivity index is 1.25. The van der Waals surface area contributed by atoms with Crippen molar-refractivity contribution in [1.29, 1.82) is 0 Å². The van der Waals surface area contributed by atoms with Crippen LogP contribution in [0.2, 0.25) is 0 Å². The molecule has 10 unspecified atom stereocenters. The lowest BCUT2D eigenvalue weighted by Gasteiger charge is -2.62. The van der Waals surface area contributed by atoms with Crippen molar-refractivity contribution in [2.45, 2.75) is 122 Å². The molecule has 4 saturated carbocycles. The van der Waals surface area contributed by atoms with Gasteiger partial charge < -0.3 is 14.7 Å². The van der Waals surface area contributed by atoms with Gasteiger partial charge in [0.2, 0.25) is 0 Å². The molecular weight excluding hydrogens is 420 g/mol. The van der Waals surface area contributed by atoms with Gasteiger partial charge in [-0.2, -0.15) is 0 Å². The first-order valence-electron chi connectivity index (χ1n) is 15.2. The van der Waals surface area contributed by atoms with Crippen LogP contribution in [0.25, 0.3) is 0 Å². The molecule has 0 aromatic rings. The van der Waals surface area contributed by atoms with E-state index in [4.69, 9.17) is 0 Å². The lowest BCUT2D eigenvalue weighted by atomic mass is 9.44. The molecule has 0 radical (unpaired) electrons. The van der Waals surface area contributed by atoms with Crippen molar-refractivity contribution in [3.8, 4) is 0 Å². The Kier molecular flexibility index (Phi) is 6.19. The molecule has 194 valence electrons. The Bertz CT molecular complexity index is 746. The second-order valence-corrected chi connectivity index (χ2v) is 14.6. The molecule has 2 N–H and O–H groups in total.